The fourth-order valence-electron chi connectivity index (χ4n) is 4.27. The van der Waals surface area contributed by atoms with Crippen molar-refractivity contribution < 1.29 is 14.6 Å². The zero-order chi connectivity index (χ0) is 24.5. The van der Waals surface area contributed by atoms with Crippen molar-refractivity contribution in [3.8, 4) is 11.1 Å². The average Bonchev–Trinajstić information content (AvgIpc) is 3.23. The van der Waals surface area contributed by atoms with E-state index in [0.29, 0.717) is 21.9 Å². The topological polar surface area (TPSA) is 98.7 Å². The number of nitrogens with zero attached hydrogens (tertiary/aromatic N) is 4. The Labute approximate surface area is 205 Å². The van der Waals surface area contributed by atoms with Crippen LogP contribution in [0.5, 0.6) is 0 Å². The van der Waals surface area contributed by atoms with Crippen LogP contribution in [0.25, 0.3) is 27.7 Å². The van der Waals surface area contributed by atoms with Crippen LogP contribution in [0.1, 0.15) is 17.3 Å². The zero-order valence-corrected chi connectivity index (χ0v) is 19.5. The second-order valence-electron chi connectivity index (χ2n) is 8.13. The Morgan fingerprint density at radius 2 is 1.86 bits per heavy atom. The Kier molecular flexibility index (Phi) is 6.07. The number of aliphatic carboxylic acids is 1. The molecule has 8 nitrogen and oxygen atoms in total. The van der Waals surface area contributed by atoms with Gasteiger partial charge in [-0.25, -0.2) is 14.3 Å². The van der Waals surface area contributed by atoms with E-state index in [0.717, 1.165) is 16.7 Å². The molecule has 0 fully saturated rings. The van der Waals surface area contributed by atoms with Crippen LogP contribution in [-0.2, 0) is 22.6 Å². The van der Waals surface area contributed by atoms with Crippen LogP contribution in [0.2, 0.25) is 5.02 Å². The van der Waals surface area contributed by atoms with Gasteiger partial charge >= 0.3 is 5.97 Å². The van der Waals surface area contributed by atoms with Crippen molar-refractivity contribution in [1.29, 1.82) is 0 Å². The monoisotopic (exact) mass is 488 g/mol. The third-order valence-corrected chi connectivity index (χ3v) is 6.17. The standard InChI is InChI=1S/C26H21ClN4O4/c1-35-15-20-23(17-7-9-18(27)10-8-17)24-28-14-19-21(31(24)29-20)11-12-30(25(19)32)22(26(33)34)13-16-5-3-2-4-6-16/h2-12,14,22H,13,15H2,1H3,(H,33,34)/t22-/m0/s1. The van der Waals surface area contributed by atoms with E-state index in [1.807, 2.05) is 42.5 Å². The highest BCUT2D eigenvalue weighted by molar-refractivity contribution is 6.30. The first-order chi connectivity index (χ1) is 17.0. The second-order valence-corrected chi connectivity index (χ2v) is 8.56. The number of fused-ring (bicyclic) bond motifs is 3. The summed E-state index contributed by atoms with van der Waals surface area (Å²) >= 11 is 6.06. The maximum atomic E-state index is 13.4. The fourth-order valence-corrected chi connectivity index (χ4v) is 4.39. The maximum Gasteiger partial charge on any atom is 0.327 e. The molecular formula is C26H21ClN4O4. The lowest BCUT2D eigenvalue weighted by Gasteiger charge is -2.16. The first kappa shape index (κ1) is 22.8. The van der Waals surface area contributed by atoms with Gasteiger partial charge in [0, 0.05) is 30.9 Å². The predicted octanol–water partition coefficient (Wildman–Crippen LogP) is 4.38. The summed E-state index contributed by atoms with van der Waals surface area (Å²) in [6.07, 6.45) is 3.16. The second kappa shape index (κ2) is 9.32. The highest BCUT2D eigenvalue weighted by Gasteiger charge is 2.24. The molecule has 5 aromatic rings. The van der Waals surface area contributed by atoms with Crippen molar-refractivity contribution in [2.24, 2.45) is 0 Å². The van der Waals surface area contributed by atoms with Gasteiger partial charge in [0.25, 0.3) is 5.56 Å². The van der Waals surface area contributed by atoms with Crippen LogP contribution in [0.15, 0.2) is 77.9 Å². The van der Waals surface area contributed by atoms with Gasteiger partial charge in [-0.1, -0.05) is 54.1 Å². The van der Waals surface area contributed by atoms with Crippen LogP contribution in [0, 0.1) is 0 Å². The Bertz CT molecular complexity index is 1590. The number of ether oxygens (including phenoxy) is 1. The highest BCUT2D eigenvalue weighted by Crippen LogP contribution is 2.30. The molecular weight excluding hydrogens is 468 g/mol. The SMILES string of the molecule is COCc1nn2c(ncc3c(=O)n([C@@H](Cc4ccccc4)C(=O)O)ccc32)c1-c1ccc(Cl)cc1. The summed E-state index contributed by atoms with van der Waals surface area (Å²) < 4.78 is 8.20. The van der Waals surface area contributed by atoms with E-state index in [4.69, 9.17) is 16.3 Å². The van der Waals surface area contributed by atoms with Crippen molar-refractivity contribution in [1.82, 2.24) is 19.2 Å². The van der Waals surface area contributed by atoms with Crippen LogP contribution < -0.4 is 5.56 Å². The molecule has 9 heteroatoms. The van der Waals surface area contributed by atoms with Crippen molar-refractivity contribution in [2.75, 3.05) is 7.11 Å². The van der Waals surface area contributed by atoms with Gasteiger partial charge in [0.15, 0.2) is 5.65 Å². The molecule has 0 unspecified atom stereocenters. The number of benzene rings is 2. The van der Waals surface area contributed by atoms with E-state index in [9.17, 15) is 14.7 Å². The summed E-state index contributed by atoms with van der Waals surface area (Å²) in [5.74, 6) is -1.09. The lowest BCUT2D eigenvalue weighted by atomic mass is 10.1. The normalized spacial score (nSPS) is 12.3. The molecule has 0 aliphatic carbocycles. The molecule has 0 amide bonds. The molecule has 0 saturated carbocycles. The number of methoxy groups -OCH3 is 1. The number of carbonyl (C=O) groups is 1. The molecule has 0 aliphatic rings. The number of aromatic nitrogens is 4. The fraction of sp³-hybridized carbons (Fsp3) is 0.154. The zero-order valence-electron chi connectivity index (χ0n) is 18.8. The molecule has 176 valence electrons. The number of carboxylic acids is 1. The van der Waals surface area contributed by atoms with E-state index in [1.165, 1.54) is 17.0 Å². The molecule has 0 saturated heterocycles. The lowest BCUT2D eigenvalue weighted by Crippen LogP contribution is -2.31. The van der Waals surface area contributed by atoms with Gasteiger partial charge in [-0.2, -0.15) is 5.10 Å². The van der Waals surface area contributed by atoms with Crippen molar-refractivity contribution in [2.45, 2.75) is 19.1 Å². The van der Waals surface area contributed by atoms with Crippen LogP contribution in [0.3, 0.4) is 0 Å². The number of hydrogen-bond acceptors (Lipinski definition) is 5. The van der Waals surface area contributed by atoms with Gasteiger partial charge < -0.3 is 14.4 Å². The number of halogens is 1. The van der Waals surface area contributed by atoms with E-state index < -0.39 is 17.6 Å². The molecule has 2 aromatic carbocycles. The van der Waals surface area contributed by atoms with Gasteiger partial charge in [-0.05, 0) is 29.3 Å². The molecule has 35 heavy (non-hydrogen) atoms. The third kappa shape index (κ3) is 4.18. The quantitative estimate of drug-likeness (QED) is 0.365. The molecule has 0 aliphatic heterocycles. The Balaban J connectivity index is 1.67. The summed E-state index contributed by atoms with van der Waals surface area (Å²) in [6, 6.07) is 17.2. The number of hydrogen-bond donors (Lipinski definition) is 1. The van der Waals surface area contributed by atoms with Crippen LogP contribution in [-0.4, -0.2) is 37.4 Å². The Hall–Kier alpha value is -4.01. The summed E-state index contributed by atoms with van der Waals surface area (Å²) in [5.41, 5.74) is 3.77. The van der Waals surface area contributed by atoms with E-state index in [2.05, 4.69) is 10.1 Å². The first-order valence-corrected chi connectivity index (χ1v) is 11.3. The minimum absolute atomic E-state index is 0.178. The van der Waals surface area contributed by atoms with Gasteiger partial charge in [0.2, 0.25) is 0 Å². The summed E-state index contributed by atoms with van der Waals surface area (Å²) in [5, 5.41) is 15.4. The Morgan fingerprint density at radius 1 is 1.11 bits per heavy atom. The van der Waals surface area contributed by atoms with Gasteiger partial charge in [-0.3, -0.25) is 4.79 Å². The first-order valence-electron chi connectivity index (χ1n) is 10.9. The van der Waals surface area contributed by atoms with Gasteiger partial charge in [-0.15, -0.1) is 0 Å². The smallest absolute Gasteiger partial charge is 0.327 e. The molecule has 0 spiro atoms. The molecule has 0 radical (unpaired) electrons. The largest absolute Gasteiger partial charge is 0.480 e. The van der Waals surface area contributed by atoms with E-state index in [-0.39, 0.29) is 18.4 Å². The predicted molar refractivity (Wildman–Crippen MR) is 133 cm³/mol. The van der Waals surface area contributed by atoms with Gasteiger partial charge in [0.1, 0.15) is 6.04 Å². The minimum atomic E-state index is -1.09. The van der Waals surface area contributed by atoms with Gasteiger partial charge in [0.05, 0.1) is 28.8 Å². The molecule has 1 N–H and O–H groups in total. The van der Waals surface area contributed by atoms with E-state index in [1.54, 1.807) is 29.8 Å². The van der Waals surface area contributed by atoms with Crippen molar-refractivity contribution >= 4 is 34.1 Å². The van der Waals surface area contributed by atoms with Crippen LogP contribution >= 0.6 is 11.6 Å². The number of pyridine rings is 1. The molecule has 0 bridgehead atoms. The lowest BCUT2D eigenvalue weighted by molar-refractivity contribution is -0.141. The Morgan fingerprint density at radius 3 is 2.54 bits per heavy atom. The summed E-state index contributed by atoms with van der Waals surface area (Å²) in [7, 11) is 1.58. The highest BCUT2D eigenvalue weighted by atomic mass is 35.5. The summed E-state index contributed by atoms with van der Waals surface area (Å²) in [6.45, 7) is 0.248. The molecule has 3 heterocycles. The average molecular weight is 489 g/mol. The van der Waals surface area contributed by atoms with E-state index >= 15 is 0 Å². The maximum absolute atomic E-state index is 13.4. The van der Waals surface area contributed by atoms with Crippen LogP contribution in [0.4, 0.5) is 0 Å². The van der Waals surface area contributed by atoms with Crippen molar-refractivity contribution in [3.63, 3.8) is 0 Å². The molecule has 5 rings (SSSR count). The molecule has 3 aromatic heterocycles. The minimum Gasteiger partial charge on any atom is -0.480 e. The number of rotatable bonds is 7. The van der Waals surface area contributed by atoms with Crippen molar-refractivity contribution in [3.05, 3.63) is 99.7 Å². The molecule has 1 atom stereocenters. The third-order valence-electron chi connectivity index (χ3n) is 5.92. The summed E-state index contributed by atoms with van der Waals surface area (Å²) in [4.78, 5) is 30.1. The number of carboxylic acid groups (broad SMARTS) is 1.